The van der Waals surface area contributed by atoms with Crippen LogP contribution in [0, 0.1) is 5.41 Å². The average molecular weight is 248 g/mol. The number of benzene rings is 1. The molecule has 1 saturated carbocycles. The highest BCUT2D eigenvalue weighted by Gasteiger charge is 2.47. The SMILES string of the molecule is Cn1c(=O)oc2ccc(C(N)C3(CO)CC3)cc21. The molecule has 5 nitrogen and oxygen atoms in total. The molecule has 5 heteroatoms. The minimum Gasteiger partial charge on any atom is -0.408 e. The third-order valence-electron chi connectivity index (χ3n) is 4.04. The monoisotopic (exact) mass is 248 g/mol. The van der Waals surface area contributed by atoms with Crippen molar-refractivity contribution in [1.82, 2.24) is 4.57 Å². The largest absolute Gasteiger partial charge is 0.419 e. The normalized spacial score (nSPS) is 19.1. The van der Waals surface area contributed by atoms with Gasteiger partial charge in [0.2, 0.25) is 0 Å². The number of rotatable bonds is 3. The van der Waals surface area contributed by atoms with E-state index in [0.717, 1.165) is 23.9 Å². The third-order valence-corrected chi connectivity index (χ3v) is 4.04. The van der Waals surface area contributed by atoms with Crippen LogP contribution in [0.4, 0.5) is 0 Å². The van der Waals surface area contributed by atoms with Crippen LogP contribution in [0.1, 0.15) is 24.4 Å². The molecule has 1 aromatic heterocycles. The molecule has 1 atom stereocenters. The van der Waals surface area contributed by atoms with E-state index < -0.39 is 0 Å². The van der Waals surface area contributed by atoms with Crippen LogP contribution in [0.15, 0.2) is 27.4 Å². The lowest BCUT2D eigenvalue weighted by Gasteiger charge is -2.21. The highest BCUT2D eigenvalue weighted by atomic mass is 16.4. The van der Waals surface area contributed by atoms with Crippen LogP contribution in [-0.2, 0) is 7.05 Å². The van der Waals surface area contributed by atoms with Crippen molar-refractivity contribution in [2.24, 2.45) is 18.2 Å². The van der Waals surface area contributed by atoms with E-state index in [2.05, 4.69) is 0 Å². The Balaban J connectivity index is 2.08. The third kappa shape index (κ3) is 1.51. The number of oxazole rings is 1. The first kappa shape index (κ1) is 11.5. The predicted octanol–water partition coefficient (Wildman–Crippen LogP) is 0.904. The van der Waals surface area contributed by atoms with E-state index in [0.29, 0.717) is 5.58 Å². The standard InChI is InChI=1S/C13H16N2O3/c1-15-9-6-8(2-3-10(9)18-12(15)17)11(14)13(7-16)4-5-13/h2-3,6,11,16H,4-5,7,14H2,1H3. The van der Waals surface area contributed by atoms with Gasteiger partial charge in [-0.3, -0.25) is 4.57 Å². The molecule has 0 spiro atoms. The van der Waals surface area contributed by atoms with Crippen molar-refractivity contribution in [3.8, 4) is 0 Å². The van der Waals surface area contributed by atoms with E-state index in [1.165, 1.54) is 4.57 Å². The first-order valence-electron chi connectivity index (χ1n) is 6.03. The van der Waals surface area contributed by atoms with Crippen LogP contribution in [0.3, 0.4) is 0 Å². The number of aromatic nitrogens is 1. The number of aliphatic hydroxyl groups is 1. The Morgan fingerprint density at radius 3 is 2.89 bits per heavy atom. The van der Waals surface area contributed by atoms with E-state index in [9.17, 15) is 9.90 Å². The molecule has 0 saturated heterocycles. The molecular weight excluding hydrogens is 232 g/mol. The van der Waals surface area contributed by atoms with Crippen molar-refractivity contribution in [1.29, 1.82) is 0 Å². The smallest absolute Gasteiger partial charge is 0.408 e. The van der Waals surface area contributed by atoms with Gasteiger partial charge in [0.05, 0.1) is 12.1 Å². The number of nitrogens with zero attached hydrogens (tertiary/aromatic N) is 1. The Bertz CT molecular complexity index is 652. The summed E-state index contributed by atoms with van der Waals surface area (Å²) in [5.74, 6) is -0.376. The van der Waals surface area contributed by atoms with Crippen LogP contribution in [0.25, 0.3) is 11.1 Å². The Morgan fingerprint density at radius 1 is 1.56 bits per heavy atom. The van der Waals surface area contributed by atoms with Crippen LogP contribution in [-0.4, -0.2) is 16.3 Å². The molecule has 0 bridgehead atoms. The molecule has 0 radical (unpaired) electrons. The van der Waals surface area contributed by atoms with Crippen molar-refractivity contribution in [3.63, 3.8) is 0 Å². The van der Waals surface area contributed by atoms with Crippen molar-refractivity contribution in [2.45, 2.75) is 18.9 Å². The molecule has 1 fully saturated rings. The second-order valence-corrected chi connectivity index (χ2v) is 5.15. The van der Waals surface area contributed by atoms with Gasteiger partial charge in [0.1, 0.15) is 0 Å². The summed E-state index contributed by atoms with van der Waals surface area (Å²) >= 11 is 0. The molecule has 0 aliphatic heterocycles. The molecular formula is C13H16N2O3. The fraction of sp³-hybridized carbons (Fsp3) is 0.462. The van der Waals surface area contributed by atoms with E-state index in [4.69, 9.17) is 10.2 Å². The summed E-state index contributed by atoms with van der Waals surface area (Å²) in [6.07, 6.45) is 1.90. The zero-order valence-electron chi connectivity index (χ0n) is 10.2. The maximum atomic E-state index is 11.4. The molecule has 18 heavy (non-hydrogen) atoms. The zero-order chi connectivity index (χ0) is 12.9. The Kier molecular flexibility index (Phi) is 2.36. The molecule has 1 unspecified atom stereocenters. The highest BCUT2D eigenvalue weighted by molar-refractivity contribution is 5.73. The second kappa shape index (κ2) is 3.70. The predicted molar refractivity (Wildman–Crippen MR) is 67.1 cm³/mol. The number of nitrogens with two attached hydrogens (primary N) is 1. The Morgan fingerprint density at radius 2 is 2.28 bits per heavy atom. The van der Waals surface area contributed by atoms with E-state index in [-0.39, 0.29) is 23.8 Å². The van der Waals surface area contributed by atoms with Gasteiger partial charge in [-0.15, -0.1) is 0 Å². The molecule has 1 aliphatic carbocycles. The first-order chi connectivity index (χ1) is 8.57. The van der Waals surface area contributed by atoms with Gasteiger partial charge in [-0.05, 0) is 30.5 Å². The average Bonchev–Trinajstić information content (AvgIpc) is 3.13. The van der Waals surface area contributed by atoms with Crippen LogP contribution in [0.2, 0.25) is 0 Å². The fourth-order valence-electron chi connectivity index (χ4n) is 2.42. The summed E-state index contributed by atoms with van der Waals surface area (Å²) in [7, 11) is 1.67. The van der Waals surface area contributed by atoms with Crippen molar-refractivity contribution < 1.29 is 9.52 Å². The van der Waals surface area contributed by atoms with Gasteiger partial charge in [-0.1, -0.05) is 6.07 Å². The van der Waals surface area contributed by atoms with E-state index in [1.54, 1.807) is 13.1 Å². The van der Waals surface area contributed by atoms with Gasteiger partial charge < -0.3 is 15.3 Å². The molecule has 96 valence electrons. The van der Waals surface area contributed by atoms with Crippen LogP contribution < -0.4 is 11.5 Å². The summed E-state index contributed by atoms with van der Waals surface area (Å²) in [6, 6.07) is 5.31. The number of hydrogen-bond donors (Lipinski definition) is 2. The Hall–Kier alpha value is -1.59. The minimum atomic E-state index is -0.376. The summed E-state index contributed by atoms with van der Waals surface area (Å²) < 4.78 is 6.54. The Labute approximate surface area is 104 Å². The summed E-state index contributed by atoms with van der Waals surface area (Å²) in [5.41, 5.74) is 8.28. The maximum Gasteiger partial charge on any atom is 0.419 e. The molecule has 3 N–H and O–H groups in total. The minimum absolute atomic E-state index is 0.108. The molecule has 2 aromatic rings. The highest BCUT2D eigenvalue weighted by Crippen LogP contribution is 2.53. The first-order valence-corrected chi connectivity index (χ1v) is 6.03. The van der Waals surface area contributed by atoms with Crippen LogP contribution >= 0.6 is 0 Å². The molecule has 1 aliphatic rings. The van der Waals surface area contributed by atoms with Crippen molar-refractivity contribution in [3.05, 3.63) is 34.3 Å². The maximum absolute atomic E-state index is 11.4. The van der Waals surface area contributed by atoms with Gasteiger partial charge in [0.15, 0.2) is 5.58 Å². The van der Waals surface area contributed by atoms with E-state index in [1.807, 2.05) is 12.1 Å². The topological polar surface area (TPSA) is 81.4 Å². The lowest BCUT2D eigenvalue weighted by molar-refractivity contribution is 0.188. The van der Waals surface area contributed by atoms with Gasteiger partial charge in [0, 0.05) is 18.5 Å². The molecule has 0 amide bonds. The van der Waals surface area contributed by atoms with Gasteiger partial charge in [-0.25, -0.2) is 4.79 Å². The van der Waals surface area contributed by atoms with Gasteiger partial charge >= 0.3 is 5.76 Å². The molecule has 3 rings (SSSR count). The van der Waals surface area contributed by atoms with Crippen LogP contribution in [0.5, 0.6) is 0 Å². The molecule has 1 heterocycles. The quantitative estimate of drug-likeness (QED) is 0.845. The van der Waals surface area contributed by atoms with Crippen molar-refractivity contribution >= 4 is 11.1 Å². The fourth-order valence-corrected chi connectivity index (χ4v) is 2.42. The lowest BCUT2D eigenvalue weighted by atomic mass is 9.91. The van der Waals surface area contributed by atoms with Gasteiger partial charge in [-0.2, -0.15) is 0 Å². The number of fused-ring (bicyclic) bond motifs is 1. The molecule has 1 aromatic carbocycles. The number of hydrogen-bond acceptors (Lipinski definition) is 4. The zero-order valence-corrected chi connectivity index (χ0v) is 10.2. The van der Waals surface area contributed by atoms with E-state index >= 15 is 0 Å². The summed E-state index contributed by atoms with van der Waals surface area (Å²) in [4.78, 5) is 11.4. The summed E-state index contributed by atoms with van der Waals surface area (Å²) in [6.45, 7) is 0.108. The van der Waals surface area contributed by atoms with Crippen molar-refractivity contribution in [2.75, 3.05) is 6.61 Å². The number of aryl methyl sites for hydroxylation is 1. The van der Waals surface area contributed by atoms with Gasteiger partial charge in [0.25, 0.3) is 0 Å². The lowest BCUT2D eigenvalue weighted by Crippen LogP contribution is -2.25. The second-order valence-electron chi connectivity index (χ2n) is 5.15. The number of aliphatic hydroxyl groups excluding tert-OH is 1. The summed E-state index contributed by atoms with van der Waals surface area (Å²) in [5, 5.41) is 9.41.